The molecule has 1 fully saturated rings. The number of hydrogen-bond acceptors (Lipinski definition) is 3. The molecule has 0 spiro atoms. The van der Waals surface area contributed by atoms with Gasteiger partial charge < -0.3 is 14.8 Å². The number of ether oxygens (including phenoxy) is 2. The van der Waals surface area contributed by atoms with Gasteiger partial charge in [-0.2, -0.15) is 0 Å². The summed E-state index contributed by atoms with van der Waals surface area (Å²) in [5.41, 5.74) is 1.07. The highest BCUT2D eigenvalue weighted by Gasteiger charge is 2.31. The van der Waals surface area contributed by atoms with Crippen LogP contribution in [0.1, 0.15) is 26.7 Å². The molecule has 0 amide bonds. The lowest BCUT2D eigenvalue weighted by atomic mass is 10.1. The summed E-state index contributed by atoms with van der Waals surface area (Å²) >= 11 is 3.53. The van der Waals surface area contributed by atoms with E-state index < -0.39 is 0 Å². The molecular formula is C14H20BrNO2. The monoisotopic (exact) mass is 313 g/mol. The molecule has 18 heavy (non-hydrogen) atoms. The highest BCUT2D eigenvalue weighted by atomic mass is 79.9. The maximum absolute atomic E-state index is 5.96. The zero-order valence-electron chi connectivity index (χ0n) is 11.1. The van der Waals surface area contributed by atoms with Gasteiger partial charge in [-0.3, -0.25) is 0 Å². The normalized spacial score (nSPS) is 21.9. The zero-order chi connectivity index (χ0) is 13.2. The molecule has 1 aromatic carbocycles. The van der Waals surface area contributed by atoms with Crippen LogP contribution in [0.5, 0.6) is 5.75 Å². The van der Waals surface area contributed by atoms with Crippen molar-refractivity contribution >= 4 is 21.6 Å². The molecule has 0 aliphatic carbocycles. The third-order valence-corrected chi connectivity index (χ3v) is 3.94. The fourth-order valence-corrected chi connectivity index (χ4v) is 2.60. The van der Waals surface area contributed by atoms with Crippen molar-refractivity contribution in [2.45, 2.75) is 38.4 Å². The first-order chi connectivity index (χ1) is 8.50. The van der Waals surface area contributed by atoms with E-state index in [1.165, 1.54) is 0 Å². The number of hydrogen-bond donors (Lipinski definition) is 1. The second-order valence-electron chi connectivity index (χ2n) is 5.26. The first-order valence-electron chi connectivity index (χ1n) is 6.25. The Morgan fingerprint density at radius 1 is 1.50 bits per heavy atom. The van der Waals surface area contributed by atoms with Crippen molar-refractivity contribution in [3.05, 3.63) is 22.7 Å². The lowest BCUT2D eigenvalue weighted by molar-refractivity contribution is -0.00911. The number of nitrogens with one attached hydrogen (secondary N) is 1. The Kier molecular flexibility index (Phi) is 4.17. The molecule has 1 atom stereocenters. The zero-order valence-corrected chi connectivity index (χ0v) is 12.7. The Hall–Kier alpha value is -0.740. The highest BCUT2D eigenvalue weighted by Crippen LogP contribution is 2.31. The molecule has 0 bridgehead atoms. The Morgan fingerprint density at radius 2 is 2.28 bits per heavy atom. The van der Waals surface area contributed by atoms with Crippen molar-refractivity contribution in [2.75, 3.05) is 19.0 Å². The second-order valence-corrected chi connectivity index (χ2v) is 6.12. The minimum absolute atomic E-state index is 0.0258. The van der Waals surface area contributed by atoms with Crippen LogP contribution in [-0.2, 0) is 4.74 Å². The van der Waals surface area contributed by atoms with Crippen LogP contribution in [0.2, 0.25) is 0 Å². The molecule has 0 radical (unpaired) electrons. The topological polar surface area (TPSA) is 30.5 Å². The predicted molar refractivity (Wildman–Crippen MR) is 77.4 cm³/mol. The molecule has 1 saturated heterocycles. The molecule has 2 rings (SSSR count). The van der Waals surface area contributed by atoms with Crippen molar-refractivity contribution in [2.24, 2.45) is 0 Å². The summed E-state index contributed by atoms with van der Waals surface area (Å²) in [5, 5.41) is 3.42. The van der Waals surface area contributed by atoms with Gasteiger partial charge in [0.2, 0.25) is 0 Å². The van der Waals surface area contributed by atoms with Crippen LogP contribution in [0, 0.1) is 0 Å². The summed E-state index contributed by atoms with van der Waals surface area (Å²) in [7, 11) is 1.68. The number of methoxy groups -OCH3 is 1. The number of rotatable bonds is 4. The van der Waals surface area contributed by atoms with Gasteiger partial charge in [0.15, 0.2) is 0 Å². The van der Waals surface area contributed by atoms with E-state index in [-0.39, 0.29) is 11.7 Å². The molecule has 1 N–H and O–H groups in total. The SMILES string of the molecule is COc1ccc(Br)c(NCC2CCC(C)(C)O2)c1. The van der Waals surface area contributed by atoms with Crippen LogP contribution in [-0.4, -0.2) is 25.4 Å². The molecular weight excluding hydrogens is 294 g/mol. The third-order valence-electron chi connectivity index (χ3n) is 3.25. The molecule has 0 saturated carbocycles. The summed E-state index contributed by atoms with van der Waals surface area (Å²) in [5.74, 6) is 0.855. The number of benzene rings is 1. The first-order valence-corrected chi connectivity index (χ1v) is 7.05. The fraction of sp³-hybridized carbons (Fsp3) is 0.571. The van der Waals surface area contributed by atoms with Crippen LogP contribution in [0.3, 0.4) is 0 Å². The van der Waals surface area contributed by atoms with Gasteiger partial charge in [0.1, 0.15) is 5.75 Å². The molecule has 1 unspecified atom stereocenters. The summed E-state index contributed by atoms with van der Waals surface area (Å²) < 4.78 is 12.2. The van der Waals surface area contributed by atoms with E-state index in [9.17, 15) is 0 Å². The third kappa shape index (κ3) is 3.39. The van der Waals surface area contributed by atoms with Crippen LogP contribution >= 0.6 is 15.9 Å². The van der Waals surface area contributed by atoms with E-state index >= 15 is 0 Å². The Labute approximate surface area is 117 Å². The highest BCUT2D eigenvalue weighted by molar-refractivity contribution is 9.10. The summed E-state index contributed by atoms with van der Waals surface area (Å²) in [6, 6.07) is 5.91. The van der Waals surface area contributed by atoms with Crippen LogP contribution in [0.4, 0.5) is 5.69 Å². The average molecular weight is 314 g/mol. The first kappa shape index (κ1) is 13.7. The van der Waals surface area contributed by atoms with Gasteiger partial charge in [-0.1, -0.05) is 0 Å². The van der Waals surface area contributed by atoms with Gasteiger partial charge >= 0.3 is 0 Å². The average Bonchev–Trinajstić information content (AvgIpc) is 2.68. The van der Waals surface area contributed by atoms with E-state index in [1.54, 1.807) is 7.11 Å². The standard InChI is InChI=1S/C14H20BrNO2/c1-14(2)7-6-11(18-14)9-16-13-8-10(17-3)4-5-12(13)15/h4-5,8,11,16H,6-7,9H2,1-3H3. The molecule has 1 heterocycles. The Bertz CT molecular complexity index is 420. The van der Waals surface area contributed by atoms with Crippen LogP contribution in [0.15, 0.2) is 22.7 Å². The van der Waals surface area contributed by atoms with E-state index in [0.717, 1.165) is 35.3 Å². The summed E-state index contributed by atoms with van der Waals surface area (Å²) in [4.78, 5) is 0. The van der Waals surface area contributed by atoms with E-state index in [4.69, 9.17) is 9.47 Å². The minimum Gasteiger partial charge on any atom is -0.497 e. The quantitative estimate of drug-likeness (QED) is 0.916. The minimum atomic E-state index is 0.0258. The Balaban J connectivity index is 1.94. The predicted octanol–water partition coefficient (Wildman–Crippen LogP) is 3.83. The van der Waals surface area contributed by atoms with Gasteiger partial charge in [0.25, 0.3) is 0 Å². The number of halogens is 1. The Morgan fingerprint density at radius 3 is 2.89 bits per heavy atom. The van der Waals surface area contributed by atoms with Gasteiger partial charge in [-0.05, 0) is 54.8 Å². The second kappa shape index (κ2) is 5.49. The van der Waals surface area contributed by atoms with Gasteiger partial charge in [-0.15, -0.1) is 0 Å². The molecule has 1 aliphatic heterocycles. The van der Waals surface area contributed by atoms with Crippen molar-refractivity contribution < 1.29 is 9.47 Å². The molecule has 100 valence electrons. The molecule has 0 aromatic heterocycles. The van der Waals surface area contributed by atoms with Crippen LogP contribution < -0.4 is 10.1 Å². The maximum Gasteiger partial charge on any atom is 0.121 e. The van der Waals surface area contributed by atoms with Crippen molar-refractivity contribution in [1.82, 2.24) is 0 Å². The summed E-state index contributed by atoms with van der Waals surface area (Å²) in [6.07, 6.45) is 2.53. The number of anilines is 1. The lowest BCUT2D eigenvalue weighted by Crippen LogP contribution is -2.24. The van der Waals surface area contributed by atoms with Crippen molar-refractivity contribution in [3.63, 3.8) is 0 Å². The van der Waals surface area contributed by atoms with E-state index in [0.29, 0.717) is 0 Å². The summed E-state index contributed by atoms with van der Waals surface area (Å²) in [6.45, 7) is 5.12. The molecule has 1 aliphatic rings. The van der Waals surface area contributed by atoms with Gasteiger partial charge in [0, 0.05) is 17.1 Å². The smallest absolute Gasteiger partial charge is 0.121 e. The van der Waals surface area contributed by atoms with E-state index in [2.05, 4.69) is 35.1 Å². The van der Waals surface area contributed by atoms with Crippen molar-refractivity contribution in [1.29, 1.82) is 0 Å². The lowest BCUT2D eigenvalue weighted by Gasteiger charge is -2.20. The van der Waals surface area contributed by atoms with Crippen LogP contribution in [0.25, 0.3) is 0 Å². The molecule has 3 nitrogen and oxygen atoms in total. The molecule has 4 heteroatoms. The largest absolute Gasteiger partial charge is 0.497 e. The fourth-order valence-electron chi connectivity index (χ4n) is 2.21. The molecule has 1 aromatic rings. The van der Waals surface area contributed by atoms with Gasteiger partial charge in [-0.25, -0.2) is 0 Å². The van der Waals surface area contributed by atoms with Crippen molar-refractivity contribution in [3.8, 4) is 5.75 Å². The van der Waals surface area contributed by atoms with Gasteiger partial charge in [0.05, 0.1) is 24.5 Å². The van der Waals surface area contributed by atoms with E-state index in [1.807, 2.05) is 18.2 Å². The maximum atomic E-state index is 5.96.